The third-order valence-electron chi connectivity index (χ3n) is 6.09. The normalized spacial score (nSPS) is 16.3. The van der Waals surface area contributed by atoms with Gasteiger partial charge in [0.25, 0.3) is 5.91 Å². The monoisotopic (exact) mass is 638 g/mol. The fraction of sp³-hybridized carbons (Fsp3) is 0.360. The first-order valence-corrected chi connectivity index (χ1v) is 12.2. The molecule has 4 nitrogen and oxygen atoms in total. The lowest BCUT2D eigenvalue weighted by molar-refractivity contribution is -0.160. The molecule has 2 aromatic carbocycles. The molecule has 1 saturated carbocycles. The molecule has 0 radical (unpaired) electrons. The van der Waals surface area contributed by atoms with Gasteiger partial charge < -0.3 is 10.2 Å². The molecular weight excluding hydrogens is 621 g/mol. The number of hydrogen-bond donors (Lipinski definition) is 1. The molecule has 1 N–H and O–H groups in total. The molecule has 1 fully saturated rings. The minimum absolute atomic E-state index is 0.0309. The number of alkyl halides is 9. The Morgan fingerprint density at radius 1 is 0.976 bits per heavy atom. The zero-order valence-corrected chi connectivity index (χ0v) is 22.1. The Balaban J connectivity index is 1.95. The second kappa shape index (κ2) is 11.3. The minimum Gasteiger partial charge on any atom is -0.338 e. The Labute approximate surface area is 235 Å². The maximum atomic E-state index is 15.0. The van der Waals surface area contributed by atoms with E-state index in [9.17, 15) is 53.5 Å². The van der Waals surface area contributed by atoms with E-state index in [4.69, 9.17) is 23.2 Å². The summed E-state index contributed by atoms with van der Waals surface area (Å²) in [5, 5.41) is 1.65. The summed E-state index contributed by atoms with van der Waals surface area (Å²) in [6.45, 7) is -1.67. The molecule has 1 aliphatic carbocycles. The number of nitrogens with zero attached hydrogens (tertiary/aromatic N) is 1. The van der Waals surface area contributed by atoms with Crippen molar-refractivity contribution in [3.63, 3.8) is 0 Å². The average molecular weight is 639 g/mol. The summed E-state index contributed by atoms with van der Waals surface area (Å²) in [7, 11) is 0.805. The van der Waals surface area contributed by atoms with E-state index in [0.29, 0.717) is 12.1 Å². The van der Waals surface area contributed by atoms with Crippen LogP contribution in [0.2, 0.25) is 10.0 Å². The first-order valence-electron chi connectivity index (χ1n) is 11.4. The van der Waals surface area contributed by atoms with Crippen LogP contribution in [0.25, 0.3) is 5.83 Å². The predicted molar refractivity (Wildman–Crippen MR) is 129 cm³/mol. The molecule has 1 aliphatic rings. The summed E-state index contributed by atoms with van der Waals surface area (Å²) < 4.78 is 136. The summed E-state index contributed by atoms with van der Waals surface area (Å²) >= 11 is 11.4. The van der Waals surface area contributed by atoms with E-state index in [0.717, 1.165) is 25.2 Å². The van der Waals surface area contributed by atoms with Crippen LogP contribution in [0.4, 0.5) is 43.9 Å². The molecule has 0 spiro atoms. The number of halogens is 12. The summed E-state index contributed by atoms with van der Waals surface area (Å²) in [6, 6.07) is 3.98. The van der Waals surface area contributed by atoms with Crippen molar-refractivity contribution < 1.29 is 53.5 Å². The molecule has 41 heavy (non-hydrogen) atoms. The van der Waals surface area contributed by atoms with Gasteiger partial charge in [-0.25, -0.2) is 4.39 Å². The summed E-state index contributed by atoms with van der Waals surface area (Å²) in [6.07, 6.45) is -15.4. The van der Waals surface area contributed by atoms with Crippen LogP contribution in [0, 0.1) is 0 Å². The first kappa shape index (κ1) is 32.5. The van der Waals surface area contributed by atoms with Crippen LogP contribution in [0.1, 0.15) is 45.8 Å². The third kappa shape index (κ3) is 7.85. The highest BCUT2D eigenvalue weighted by Crippen LogP contribution is 2.42. The van der Waals surface area contributed by atoms with Crippen LogP contribution in [-0.2, 0) is 11.0 Å². The van der Waals surface area contributed by atoms with Gasteiger partial charge >= 0.3 is 18.5 Å². The van der Waals surface area contributed by atoms with Gasteiger partial charge in [0.1, 0.15) is 23.8 Å². The maximum absolute atomic E-state index is 15.0. The van der Waals surface area contributed by atoms with Gasteiger partial charge in [-0.15, -0.1) is 0 Å². The number of hydrogen-bond acceptors (Lipinski definition) is 2. The summed E-state index contributed by atoms with van der Waals surface area (Å²) in [4.78, 5) is 25.5. The van der Waals surface area contributed by atoms with Crippen molar-refractivity contribution >= 4 is 40.8 Å². The zero-order valence-electron chi connectivity index (χ0n) is 20.5. The van der Waals surface area contributed by atoms with Gasteiger partial charge in [0.2, 0.25) is 5.91 Å². The molecule has 0 bridgehead atoms. The number of nitrogens with one attached hydrogen (secondary N) is 1. The number of carbonyl (C=O) groups is 2. The quantitative estimate of drug-likeness (QED) is 0.313. The lowest BCUT2D eigenvalue weighted by atomic mass is 9.95. The molecule has 2 amide bonds. The molecule has 0 heterocycles. The molecule has 0 saturated heterocycles. The van der Waals surface area contributed by atoms with E-state index >= 15 is 0 Å². The van der Waals surface area contributed by atoms with E-state index in [1.165, 1.54) is 0 Å². The maximum Gasteiger partial charge on any atom is 0.417 e. The van der Waals surface area contributed by atoms with E-state index < -0.39 is 76.4 Å². The SMILES string of the molecule is CN(CC(F)(F)F)C(=O)C1(NC(=O)c2ccc(/C(F)=C/C(c3ccc(Cl)c(Cl)c3)C(F)(F)F)cc2C(F)(F)F)CC1. The second-order valence-corrected chi connectivity index (χ2v) is 10.1. The number of amides is 2. The van der Waals surface area contributed by atoms with E-state index in [-0.39, 0.29) is 39.9 Å². The molecule has 3 rings (SSSR count). The summed E-state index contributed by atoms with van der Waals surface area (Å²) in [5.41, 5.74) is -6.25. The van der Waals surface area contributed by atoms with Gasteiger partial charge in [-0.1, -0.05) is 35.3 Å². The highest BCUT2D eigenvalue weighted by molar-refractivity contribution is 6.42. The molecule has 0 aromatic heterocycles. The van der Waals surface area contributed by atoms with E-state index in [2.05, 4.69) is 0 Å². The highest BCUT2D eigenvalue weighted by Gasteiger charge is 2.54. The van der Waals surface area contributed by atoms with Crippen molar-refractivity contribution in [1.29, 1.82) is 0 Å². The van der Waals surface area contributed by atoms with Crippen LogP contribution >= 0.6 is 23.2 Å². The fourth-order valence-corrected chi connectivity index (χ4v) is 4.27. The standard InChI is InChI=1S/C25H18Cl2F10N2O2/c1-39(11-23(29,30)31)21(41)22(6-7-22)38-20(40)14-4-2-13(8-16(14)25(35,36)37)19(28)10-15(24(32,33)34)12-3-5-17(26)18(27)9-12/h2-5,8-10,15H,6-7,11H2,1H3,(H,38,40)/b19-10-. The van der Waals surface area contributed by atoms with Gasteiger partial charge in [-0.3, -0.25) is 9.59 Å². The Morgan fingerprint density at radius 3 is 2.07 bits per heavy atom. The molecule has 1 unspecified atom stereocenters. The van der Waals surface area contributed by atoms with Crippen molar-refractivity contribution in [2.24, 2.45) is 0 Å². The van der Waals surface area contributed by atoms with Crippen LogP contribution in [0.3, 0.4) is 0 Å². The van der Waals surface area contributed by atoms with Gasteiger partial charge in [-0.05, 0) is 48.7 Å². The largest absolute Gasteiger partial charge is 0.417 e. The Kier molecular flexibility index (Phi) is 9.00. The number of carbonyl (C=O) groups excluding carboxylic acids is 2. The molecule has 224 valence electrons. The van der Waals surface area contributed by atoms with Gasteiger partial charge in [-0.2, -0.15) is 39.5 Å². The minimum atomic E-state index is -5.32. The van der Waals surface area contributed by atoms with Crippen molar-refractivity contribution in [2.75, 3.05) is 13.6 Å². The van der Waals surface area contributed by atoms with E-state index in [1.807, 2.05) is 5.32 Å². The van der Waals surface area contributed by atoms with Crippen LogP contribution < -0.4 is 5.32 Å². The lowest BCUT2D eigenvalue weighted by Gasteiger charge is -2.25. The summed E-state index contributed by atoms with van der Waals surface area (Å²) in [5.74, 6) is -7.02. The second-order valence-electron chi connectivity index (χ2n) is 9.28. The van der Waals surface area contributed by atoms with Gasteiger partial charge in [0.15, 0.2) is 0 Å². The number of rotatable bonds is 7. The lowest BCUT2D eigenvalue weighted by Crippen LogP contribution is -2.51. The first-order chi connectivity index (χ1) is 18.6. The highest BCUT2D eigenvalue weighted by atomic mass is 35.5. The third-order valence-corrected chi connectivity index (χ3v) is 6.83. The van der Waals surface area contributed by atoms with Crippen LogP contribution in [0.5, 0.6) is 0 Å². The van der Waals surface area contributed by atoms with Crippen molar-refractivity contribution in [3.8, 4) is 0 Å². The Morgan fingerprint density at radius 2 is 1.59 bits per heavy atom. The zero-order chi connectivity index (χ0) is 31.1. The van der Waals surface area contributed by atoms with Gasteiger partial charge in [0, 0.05) is 12.6 Å². The topological polar surface area (TPSA) is 49.4 Å². The van der Waals surface area contributed by atoms with Crippen molar-refractivity contribution in [2.45, 2.75) is 42.8 Å². The molecular formula is C25H18Cl2F10N2O2. The average Bonchev–Trinajstić information content (AvgIpc) is 3.61. The molecule has 0 aliphatic heterocycles. The fourth-order valence-electron chi connectivity index (χ4n) is 3.96. The smallest absolute Gasteiger partial charge is 0.338 e. The Bertz CT molecular complexity index is 1370. The molecule has 16 heteroatoms. The molecule has 2 aromatic rings. The molecule has 1 atom stereocenters. The van der Waals surface area contributed by atoms with Crippen LogP contribution in [-0.4, -0.2) is 48.2 Å². The van der Waals surface area contributed by atoms with Crippen molar-refractivity contribution in [1.82, 2.24) is 10.2 Å². The number of benzene rings is 2. The van der Waals surface area contributed by atoms with Crippen molar-refractivity contribution in [3.05, 3.63) is 74.8 Å². The van der Waals surface area contributed by atoms with Gasteiger partial charge in [0.05, 0.1) is 21.2 Å². The van der Waals surface area contributed by atoms with E-state index in [1.54, 1.807) is 0 Å². The number of allylic oxidation sites excluding steroid dienone is 1. The number of likely N-dealkylation sites (N-methyl/N-ethyl adjacent to an activating group) is 1. The van der Waals surface area contributed by atoms with Crippen LogP contribution in [0.15, 0.2) is 42.5 Å². The Hall–Kier alpha value is -3.00. The predicted octanol–water partition coefficient (Wildman–Crippen LogP) is 7.95.